The topological polar surface area (TPSA) is 78.9 Å². The van der Waals surface area contributed by atoms with E-state index in [4.69, 9.17) is 33.0 Å². The fourth-order valence-corrected chi connectivity index (χ4v) is 3.80. The summed E-state index contributed by atoms with van der Waals surface area (Å²) in [5.41, 5.74) is 0.139. The lowest BCUT2D eigenvalue weighted by molar-refractivity contribution is -0.153. The Kier molecular flexibility index (Phi) is 9.01. The van der Waals surface area contributed by atoms with Gasteiger partial charge in [-0.15, -0.1) is 0 Å². The van der Waals surface area contributed by atoms with Crippen molar-refractivity contribution in [3.8, 4) is 16.9 Å². The summed E-state index contributed by atoms with van der Waals surface area (Å²) in [5, 5.41) is 11.4. The van der Waals surface area contributed by atoms with Crippen LogP contribution in [0, 0.1) is 5.82 Å². The Hall–Kier alpha value is -3.34. The Morgan fingerprint density at radius 1 is 1.05 bits per heavy atom. The number of hydrogen-bond acceptors (Lipinski definition) is 4. The zero-order valence-electron chi connectivity index (χ0n) is 19.2. The highest BCUT2D eigenvalue weighted by molar-refractivity contribution is 6.34. The smallest absolute Gasteiger partial charge is 0.422 e. The molecule has 3 aromatic rings. The van der Waals surface area contributed by atoms with E-state index in [9.17, 15) is 27.2 Å². The maximum absolute atomic E-state index is 14.2. The zero-order chi connectivity index (χ0) is 27.3. The van der Waals surface area contributed by atoms with Gasteiger partial charge in [-0.2, -0.15) is 13.2 Å². The van der Waals surface area contributed by atoms with Gasteiger partial charge >= 0.3 is 6.18 Å². The first kappa shape index (κ1) is 28.2. The summed E-state index contributed by atoms with van der Waals surface area (Å²) in [6, 6.07) is 11.9. The molecule has 0 bridgehead atoms. The number of ether oxygens (including phenoxy) is 1. The minimum Gasteiger partial charge on any atom is -0.482 e. The first-order chi connectivity index (χ1) is 17.4. The van der Waals surface area contributed by atoms with Gasteiger partial charge in [-0.05, 0) is 48.0 Å². The van der Waals surface area contributed by atoms with Crippen molar-refractivity contribution in [3.63, 3.8) is 0 Å². The summed E-state index contributed by atoms with van der Waals surface area (Å²) < 4.78 is 57.8. The first-order valence-electron chi connectivity index (χ1n) is 10.7. The van der Waals surface area contributed by atoms with Crippen molar-refractivity contribution in [2.45, 2.75) is 6.18 Å². The number of aliphatic hydroxyl groups excluding tert-OH is 1. The second kappa shape index (κ2) is 11.8. The van der Waals surface area contributed by atoms with Crippen LogP contribution in [0.25, 0.3) is 11.1 Å². The molecule has 3 rings (SSSR count). The summed E-state index contributed by atoms with van der Waals surface area (Å²) in [4.78, 5) is 26.6. The molecule has 0 aliphatic heterocycles. The van der Waals surface area contributed by atoms with Gasteiger partial charge in [0.15, 0.2) is 6.61 Å². The number of likely N-dealkylation sites (N-methyl/N-ethyl adjacent to an activating group) is 1. The third-order valence-corrected chi connectivity index (χ3v) is 5.76. The number of nitrogens with one attached hydrogen (secondary N) is 1. The molecule has 2 amide bonds. The Balaban J connectivity index is 2.01. The van der Waals surface area contributed by atoms with Gasteiger partial charge in [-0.3, -0.25) is 9.59 Å². The number of aliphatic hydroxyl groups is 1. The van der Waals surface area contributed by atoms with E-state index in [0.29, 0.717) is 5.56 Å². The minimum absolute atomic E-state index is 0.0899. The molecule has 0 saturated carbocycles. The van der Waals surface area contributed by atoms with Crippen LogP contribution in [0.4, 0.5) is 23.2 Å². The third-order valence-electron chi connectivity index (χ3n) is 5.12. The van der Waals surface area contributed by atoms with Gasteiger partial charge in [0.05, 0.1) is 22.9 Å². The Labute approximate surface area is 219 Å². The van der Waals surface area contributed by atoms with Gasteiger partial charge in [-0.25, -0.2) is 4.39 Å². The molecule has 12 heteroatoms. The summed E-state index contributed by atoms with van der Waals surface area (Å²) in [5.74, 6) is -2.70. The van der Waals surface area contributed by atoms with Crippen molar-refractivity contribution in [2.75, 3.05) is 32.1 Å². The summed E-state index contributed by atoms with van der Waals surface area (Å²) in [6.07, 6.45) is -4.69. The van der Waals surface area contributed by atoms with Crippen molar-refractivity contribution in [2.24, 2.45) is 0 Å². The molecule has 0 unspecified atom stereocenters. The quantitative estimate of drug-likeness (QED) is 0.329. The molecular weight excluding hydrogens is 539 g/mol. The average Bonchev–Trinajstić information content (AvgIpc) is 2.83. The molecule has 0 heterocycles. The van der Waals surface area contributed by atoms with Crippen LogP contribution < -0.4 is 10.1 Å². The van der Waals surface area contributed by atoms with E-state index < -0.39 is 36.0 Å². The number of nitrogens with zero attached hydrogens (tertiary/aromatic N) is 1. The number of carbonyl (C=O) groups excluding carboxylic acids is 2. The van der Waals surface area contributed by atoms with E-state index in [1.54, 1.807) is 0 Å². The molecule has 0 radical (unpaired) electrons. The third kappa shape index (κ3) is 7.12. The number of benzene rings is 3. The van der Waals surface area contributed by atoms with Crippen LogP contribution in [0.5, 0.6) is 5.75 Å². The molecule has 0 saturated heterocycles. The molecule has 3 aromatic carbocycles. The molecular formula is C25H20Cl2F4N2O4. The van der Waals surface area contributed by atoms with Crippen LogP contribution in [-0.2, 0) is 0 Å². The lowest BCUT2D eigenvalue weighted by Gasteiger charge is -2.18. The molecule has 0 aliphatic rings. The van der Waals surface area contributed by atoms with Crippen LogP contribution in [0.3, 0.4) is 0 Å². The number of hydrogen-bond donors (Lipinski definition) is 2. The van der Waals surface area contributed by atoms with Crippen LogP contribution in [0.1, 0.15) is 20.7 Å². The number of rotatable bonds is 8. The fourth-order valence-electron chi connectivity index (χ4n) is 3.32. The second-order valence-electron chi connectivity index (χ2n) is 7.81. The lowest BCUT2D eigenvalue weighted by Crippen LogP contribution is -2.29. The van der Waals surface area contributed by atoms with Gasteiger partial charge in [0.1, 0.15) is 11.6 Å². The number of anilines is 1. The van der Waals surface area contributed by atoms with Gasteiger partial charge < -0.3 is 20.1 Å². The maximum Gasteiger partial charge on any atom is 0.422 e. The number of carbonyl (C=O) groups is 2. The van der Waals surface area contributed by atoms with Gasteiger partial charge in [0.2, 0.25) is 0 Å². The van der Waals surface area contributed by atoms with E-state index in [1.807, 2.05) is 0 Å². The van der Waals surface area contributed by atoms with Crippen molar-refractivity contribution < 1.29 is 37.0 Å². The standard InChI is InChI=1S/C25H20Cl2F4N2O4/c1-33(9-10-34)24(36)15-5-7-17(26)16(11-15)14-6-8-20(21(12-14)37-13-25(29,30)31)32-23(35)22-18(27)3-2-4-19(22)28/h2-8,11-12,34H,9-10,13H2,1H3,(H,32,35). The van der Waals surface area contributed by atoms with Crippen molar-refractivity contribution >= 4 is 40.7 Å². The SMILES string of the molecule is CN(CCO)C(=O)c1ccc(Cl)c(-c2ccc(NC(=O)c3c(F)cccc3Cl)c(OCC(F)(F)F)c2)c1. The van der Waals surface area contributed by atoms with Gasteiger partial charge in [-0.1, -0.05) is 35.3 Å². The van der Waals surface area contributed by atoms with Gasteiger partial charge in [0.25, 0.3) is 11.8 Å². The molecule has 37 heavy (non-hydrogen) atoms. The molecule has 2 N–H and O–H groups in total. The highest BCUT2D eigenvalue weighted by Crippen LogP contribution is 2.36. The molecule has 0 fully saturated rings. The molecule has 0 atom stereocenters. The maximum atomic E-state index is 14.2. The van der Waals surface area contributed by atoms with Gasteiger partial charge in [0, 0.05) is 29.7 Å². The fraction of sp³-hybridized carbons (Fsp3) is 0.200. The second-order valence-corrected chi connectivity index (χ2v) is 8.62. The molecule has 0 aromatic heterocycles. The number of halogens is 6. The lowest BCUT2D eigenvalue weighted by atomic mass is 10.0. The van der Waals surface area contributed by atoms with Crippen LogP contribution in [0.2, 0.25) is 10.0 Å². The molecule has 0 aliphatic carbocycles. The number of alkyl halides is 3. The van der Waals surface area contributed by atoms with Crippen molar-refractivity contribution in [1.29, 1.82) is 0 Å². The summed E-state index contributed by atoms with van der Waals surface area (Å²) >= 11 is 12.2. The van der Waals surface area contributed by atoms with Crippen molar-refractivity contribution in [3.05, 3.63) is 81.6 Å². The summed E-state index contributed by atoms with van der Waals surface area (Å²) in [6.45, 7) is -1.82. The Morgan fingerprint density at radius 3 is 2.43 bits per heavy atom. The van der Waals surface area contributed by atoms with Crippen LogP contribution in [0.15, 0.2) is 54.6 Å². The monoisotopic (exact) mass is 558 g/mol. The zero-order valence-corrected chi connectivity index (χ0v) is 20.7. The predicted molar refractivity (Wildman–Crippen MR) is 132 cm³/mol. The molecule has 6 nitrogen and oxygen atoms in total. The average molecular weight is 559 g/mol. The summed E-state index contributed by atoms with van der Waals surface area (Å²) in [7, 11) is 1.50. The van der Waals surface area contributed by atoms with E-state index in [1.165, 1.54) is 60.5 Å². The Bertz CT molecular complexity index is 1300. The van der Waals surface area contributed by atoms with E-state index >= 15 is 0 Å². The van der Waals surface area contributed by atoms with Crippen LogP contribution >= 0.6 is 23.2 Å². The van der Waals surface area contributed by atoms with Crippen molar-refractivity contribution in [1.82, 2.24) is 4.90 Å². The molecule has 196 valence electrons. The normalized spacial score (nSPS) is 11.2. The predicted octanol–water partition coefficient (Wildman–Crippen LogP) is 6.06. The molecule has 0 spiro atoms. The Morgan fingerprint density at radius 2 is 1.78 bits per heavy atom. The van der Waals surface area contributed by atoms with E-state index in [2.05, 4.69) is 5.32 Å². The highest BCUT2D eigenvalue weighted by atomic mass is 35.5. The number of amides is 2. The first-order valence-corrected chi connectivity index (χ1v) is 11.4. The van der Waals surface area contributed by atoms with E-state index in [-0.39, 0.29) is 45.8 Å². The van der Waals surface area contributed by atoms with Crippen LogP contribution in [-0.4, -0.2) is 54.8 Å². The minimum atomic E-state index is -4.69. The van der Waals surface area contributed by atoms with E-state index in [0.717, 1.165) is 6.07 Å². The highest BCUT2D eigenvalue weighted by Gasteiger charge is 2.29. The largest absolute Gasteiger partial charge is 0.482 e.